The van der Waals surface area contributed by atoms with Gasteiger partial charge in [0, 0.05) is 12.3 Å². The molecule has 0 bridgehead atoms. The zero-order valence-corrected chi connectivity index (χ0v) is 10.6. The largest absolute Gasteiger partial charge is 0.394 e. The zero-order valence-electron chi connectivity index (χ0n) is 10.6. The van der Waals surface area contributed by atoms with E-state index in [1.165, 1.54) is 12.8 Å². The minimum absolute atomic E-state index is 0.0704. The highest BCUT2D eigenvalue weighted by Crippen LogP contribution is 2.47. The number of aliphatic hydroxyl groups is 1. The van der Waals surface area contributed by atoms with Crippen molar-refractivity contribution in [2.45, 2.75) is 51.9 Å². The Kier molecular flexibility index (Phi) is 3.57. The molecule has 0 aromatic carbocycles. The van der Waals surface area contributed by atoms with Crippen LogP contribution in [0.3, 0.4) is 0 Å². The van der Waals surface area contributed by atoms with Crippen molar-refractivity contribution in [3.63, 3.8) is 0 Å². The van der Waals surface area contributed by atoms with Crippen molar-refractivity contribution in [3.8, 4) is 0 Å². The standard InChI is InChI=1S/C13H24O3/c1-9(2)12-5-4-10(3)6-13(12)15-8-11(7-14)16-13/h9-12,14H,4-8H2,1-3H3/t10-,11?,12?,13?/m1/s1. The minimum Gasteiger partial charge on any atom is -0.394 e. The van der Waals surface area contributed by atoms with Gasteiger partial charge in [-0.3, -0.25) is 0 Å². The lowest BCUT2D eigenvalue weighted by atomic mass is 9.73. The lowest BCUT2D eigenvalue weighted by Crippen LogP contribution is -2.47. The molecular formula is C13H24O3. The van der Waals surface area contributed by atoms with Crippen LogP contribution in [0.15, 0.2) is 0 Å². The molecule has 1 spiro atoms. The molecule has 2 aliphatic rings. The van der Waals surface area contributed by atoms with Crippen molar-refractivity contribution >= 4 is 0 Å². The van der Waals surface area contributed by atoms with Gasteiger partial charge in [-0.25, -0.2) is 0 Å². The molecule has 0 amide bonds. The third-order valence-corrected chi connectivity index (χ3v) is 4.06. The monoisotopic (exact) mass is 228 g/mol. The Hall–Kier alpha value is -0.120. The van der Waals surface area contributed by atoms with Gasteiger partial charge in [0.2, 0.25) is 0 Å². The summed E-state index contributed by atoms with van der Waals surface area (Å²) in [5.41, 5.74) is 0. The van der Waals surface area contributed by atoms with E-state index in [0.717, 1.165) is 6.42 Å². The smallest absolute Gasteiger partial charge is 0.172 e. The van der Waals surface area contributed by atoms with Crippen LogP contribution in [-0.2, 0) is 9.47 Å². The van der Waals surface area contributed by atoms with Gasteiger partial charge in [0.15, 0.2) is 5.79 Å². The van der Waals surface area contributed by atoms with E-state index in [4.69, 9.17) is 14.6 Å². The molecule has 3 heteroatoms. The van der Waals surface area contributed by atoms with E-state index >= 15 is 0 Å². The second-order valence-electron chi connectivity index (χ2n) is 5.78. The van der Waals surface area contributed by atoms with Gasteiger partial charge in [0.1, 0.15) is 6.10 Å². The number of rotatable bonds is 2. The van der Waals surface area contributed by atoms with Gasteiger partial charge in [0.05, 0.1) is 13.2 Å². The summed E-state index contributed by atoms with van der Waals surface area (Å²) in [6.45, 7) is 7.35. The van der Waals surface area contributed by atoms with Crippen LogP contribution in [0.4, 0.5) is 0 Å². The third-order valence-electron chi connectivity index (χ3n) is 4.06. The molecule has 3 nitrogen and oxygen atoms in total. The quantitative estimate of drug-likeness (QED) is 0.787. The molecule has 4 atom stereocenters. The normalized spacial score (nSPS) is 44.4. The Morgan fingerprint density at radius 2 is 2.12 bits per heavy atom. The van der Waals surface area contributed by atoms with Gasteiger partial charge >= 0.3 is 0 Å². The van der Waals surface area contributed by atoms with Gasteiger partial charge in [0.25, 0.3) is 0 Å². The highest BCUT2D eigenvalue weighted by molar-refractivity contribution is 4.92. The summed E-state index contributed by atoms with van der Waals surface area (Å²) in [5, 5.41) is 9.17. The van der Waals surface area contributed by atoms with Gasteiger partial charge in [-0.15, -0.1) is 0 Å². The molecule has 0 aromatic rings. The number of aliphatic hydroxyl groups excluding tert-OH is 1. The van der Waals surface area contributed by atoms with Crippen LogP contribution in [0, 0.1) is 17.8 Å². The van der Waals surface area contributed by atoms with Crippen LogP contribution >= 0.6 is 0 Å². The Balaban J connectivity index is 2.13. The van der Waals surface area contributed by atoms with E-state index in [0.29, 0.717) is 24.4 Å². The van der Waals surface area contributed by atoms with Crippen LogP contribution in [0.1, 0.15) is 40.0 Å². The summed E-state index contributed by atoms with van der Waals surface area (Å²) in [6.07, 6.45) is 3.30. The average molecular weight is 228 g/mol. The van der Waals surface area contributed by atoms with Crippen LogP contribution in [0.5, 0.6) is 0 Å². The first kappa shape index (κ1) is 12.3. The summed E-state index contributed by atoms with van der Waals surface area (Å²) in [5.74, 6) is 1.30. The number of ether oxygens (including phenoxy) is 2. The van der Waals surface area contributed by atoms with E-state index in [-0.39, 0.29) is 12.7 Å². The maximum Gasteiger partial charge on any atom is 0.172 e. The maximum absolute atomic E-state index is 9.17. The van der Waals surface area contributed by atoms with Gasteiger partial charge in [-0.2, -0.15) is 0 Å². The SMILES string of the molecule is CC(C)C1CC[C@@H](C)CC12OCC(CO)O2. The highest BCUT2D eigenvalue weighted by Gasteiger charge is 2.51. The van der Waals surface area contributed by atoms with Gasteiger partial charge in [-0.1, -0.05) is 27.2 Å². The van der Waals surface area contributed by atoms with Crippen molar-refractivity contribution in [3.05, 3.63) is 0 Å². The molecule has 0 aromatic heterocycles. The molecule has 1 aliphatic carbocycles. The third kappa shape index (κ3) is 2.13. The van der Waals surface area contributed by atoms with Crippen LogP contribution in [0.2, 0.25) is 0 Å². The number of hydrogen-bond acceptors (Lipinski definition) is 3. The maximum atomic E-state index is 9.17. The summed E-state index contributed by atoms with van der Waals surface area (Å²) in [6, 6.07) is 0. The van der Waals surface area contributed by atoms with Crippen molar-refractivity contribution < 1.29 is 14.6 Å². The van der Waals surface area contributed by atoms with E-state index in [9.17, 15) is 0 Å². The molecule has 1 saturated heterocycles. The van der Waals surface area contributed by atoms with E-state index in [2.05, 4.69) is 20.8 Å². The first-order valence-corrected chi connectivity index (χ1v) is 6.50. The fraction of sp³-hybridized carbons (Fsp3) is 1.00. The topological polar surface area (TPSA) is 38.7 Å². The summed E-state index contributed by atoms with van der Waals surface area (Å²) in [7, 11) is 0. The van der Waals surface area contributed by atoms with Gasteiger partial charge in [-0.05, 0) is 18.3 Å². The van der Waals surface area contributed by atoms with Crippen molar-refractivity contribution in [2.75, 3.05) is 13.2 Å². The predicted molar refractivity (Wildman–Crippen MR) is 62.0 cm³/mol. The first-order valence-electron chi connectivity index (χ1n) is 6.50. The molecular weight excluding hydrogens is 204 g/mol. The Morgan fingerprint density at radius 3 is 2.69 bits per heavy atom. The molecule has 2 fully saturated rings. The molecule has 2 rings (SSSR count). The van der Waals surface area contributed by atoms with E-state index in [1.807, 2.05) is 0 Å². The highest BCUT2D eigenvalue weighted by atomic mass is 16.7. The van der Waals surface area contributed by atoms with Crippen LogP contribution < -0.4 is 0 Å². The molecule has 1 saturated carbocycles. The Bertz CT molecular complexity index is 241. The Labute approximate surface area is 98.1 Å². The lowest BCUT2D eigenvalue weighted by Gasteiger charge is -2.44. The first-order chi connectivity index (χ1) is 7.57. The number of hydrogen-bond donors (Lipinski definition) is 1. The van der Waals surface area contributed by atoms with Crippen molar-refractivity contribution in [2.24, 2.45) is 17.8 Å². The van der Waals surface area contributed by atoms with Crippen LogP contribution in [-0.4, -0.2) is 30.2 Å². The van der Waals surface area contributed by atoms with Gasteiger partial charge < -0.3 is 14.6 Å². The summed E-state index contributed by atoms with van der Waals surface area (Å²) < 4.78 is 12.0. The second kappa shape index (κ2) is 4.63. The minimum atomic E-state index is -0.404. The molecule has 94 valence electrons. The lowest BCUT2D eigenvalue weighted by molar-refractivity contribution is -0.240. The van der Waals surface area contributed by atoms with E-state index < -0.39 is 5.79 Å². The predicted octanol–water partition coefficient (Wildman–Crippen LogP) is 2.18. The molecule has 16 heavy (non-hydrogen) atoms. The molecule has 1 N–H and O–H groups in total. The molecule has 3 unspecified atom stereocenters. The average Bonchev–Trinajstić information content (AvgIpc) is 2.61. The summed E-state index contributed by atoms with van der Waals surface area (Å²) >= 11 is 0. The molecule has 1 heterocycles. The fourth-order valence-corrected chi connectivity index (χ4v) is 3.24. The fourth-order valence-electron chi connectivity index (χ4n) is 3.24. The molecule has 1 aliphatic heterocycles. The second-order valence-corrected chi connectivity index (χ2v) is 5.78. The zero-order chi connectivity index (χ0) is 11.8. The van der Waals surface area contributed by atoms with Crippen molar-refractivity contribution in [1.29, 1.82) is 0 Å². The van der Waals surface area contributed by atoms with Crippen molar-refractivity contribution in [1.82, 2.24) is 0 Å². The van der Waals surface area contributed by atoms with E-state index in [1.54, 1.807) is 0 Å². The molecule has 0 radical (unpaired) electrons. The van der Waals surface area contributed by atoms with Crippen LogP contribution in [0.25, 0.3) is 0 Å². The Morgan fingerprint density at radius 1 is 1.38 bits per heavy atom. The summed E-state index contributed by atoms with van der Waals surface area (Å²) in [4.78, 5) is 0.